The number of nitrogen functional groups attached to an aromatic ring is 1. The van der Waals surface area contributed by atoms with Crippen LogP contribution in [0.3, 0.4) is 0 Å². The van der Waals surface area contributed by atoms with Crippen LogP contribution in [0.4, 0.5) is 5.69 Å². The van der Waals surface area contributed by atoms with Crippen molar-refractivity contribution in [1.82, 2.24) is 9.69 Å². The second-order valence-corrected chi connectivity index (χ2v) is 6.21. The fourth-order valence-electron chi connectivity index (χ4n) is 1.93. The van der Waals surface area contributed by atoms with Crippen LogP contribution in [-0.2, 0) is 6.54 Å². The largest absolute Gasteiger partial charge is 0.396 e. The van der Waals surface area contributed by atoms with Crippen LogP contribution in [0.15, 0.2) is 47.8 Å². The number of aromatic nitrogens is 1. The third-order valence-electron chi connectivity index (χ3n) is 2.98. The van der Waals surface area contributed by atoms with Gasteiger partial charge >= 0.3 is 0 Å². The normalized spacial score (nSPS) is 10.5. The molecular weight excluding hydrogens is 302 g/mol. The molecule has 1 amide bonds. The average molecular weight is 315 g/mol. The third kappa shape index (κ3) is 2.96. The summed E-state index contributed by atoms with van der Waals surface area (Å²) < 4.78 is 4.31. The lowest BCUT2D eigenvalue weighted by molar-refractivity contribution is 0.0956. The molecule has 2 aromatic heterocycles. The molecule has 21 heavy (non-hydrogen) atoms. The van der Waals surface area contributed by atoms with Crippen LogP contribution in [-0.4, -0.2) is 10.3 Å². The molecule has 0 atom stereocenters. The molecule has 3 rings (SSSR count). The van der Waals surface area contributed by atoms with Gasteiger partial charge < -0.3 is 11.1 Å². The molecule has 6 heteroatoms. The van der Waals surface area contributed by atoms with Gasteiger partial charge in [-0.05, 0) is 23.0 Å². The highest BCUT2D eigenvalue weighted by molar-refractivity contribution is 7.10. The molecule has 0 saturated heterocycles. The maximum absolute atomic E-state index is 12.2. The molecule has 0 aliphatic rings. The van der Waals surface area contributed by atoms with Gasteiger partial charge in [-0.1, -0.05) is 36.4 Å². The van der Waals surface area contributed by atoms with Gasteiger partial charge in [-0.15, -0.1) is 11.3 Å². The van der Waals surface area contributed by atoms with Crippen LogP contribution in [0.5, 0.6) is 0 Å². The van der Waals surface area contributed by atoms with Gasteiger partial charge in [-0.3, -0.25) is 4.79 Å². The molecule has 2 heterocycles. The molecule has 0 fully saturated rings. The molecule has 0 bridgehead atoms. The SMILES string of the molecule is Nc1c(-c2ccccc2)nsc1C(=O)NCc1cccs1. The minimum atomic E-state index is -0.180. The summed E-state index contributed by atoms with van der Waals surface area (Å²) in [5.41, 5.74) is 8.10. The average Bonchev–Trinajstić information content (AvgIpc) is 3.15. The van der Waals surface area contributed by atoms with Crippen LogP contribution in [0.2, 0.25) is 0 Å². The van der Waals surface area contributed by atoms with E-state index < -0.39 is 0 Å². The molecule has 0 saturated carbocycles. The maximum Gasteiger partial charge on any atom is 0.265 e. The van der Waals surface area contributed by atoms with Crippen LogP contribution in [0, 0.1) is 0 Å². The first-order valence-electron chi connectivity index (χ1n) is 6.37. The summed E-state index contributed by atoms with van der Waals surface area (Å²) in [6.07, 6.45) is 0. The number of amides is 1. The van der Waals surface area contributed by atoms with Crippen molar-refractivity contribution in [1.29, 1.82) is 0 Å². The van der Waals surface area contributed by atoms with Crippen molar-refractivity contribution in [3.8, 4) is 11.3 Å². The molecule has 3 aromatic rings. The van der Waals surface area contributed by atoms with Gasteiger partial charge in [-0.2, -0.15) is 4.37 Å². The Morgan fingerprint density at radius 1 is 1.19 bits per heavy atom. The Labute approximate surface area is 130 Å². The monoisotopic (exact) mass is 315 g/mol. The number of hydrogen-bond acceptors (Lipinski definition) is 5. The van der Waals surface area contributed by atoms with E-state index in [1.165, 1.54) is 0 Å². The Balaban J connectivity index is 1.77. The van der Waals surface area contributed by atoms with Gasteiger partial charge in [0, 0.05) is 10.4 Å². The number of carbonyl (C=O) groups is 1. The van der Waals surface area contributed by atoms with Gasteiger partial charge in [0.2, 0.25) is 0 Å². The van der Waals surface area contributed by atoms with Crippen molar-refractivity contribution in [2.24, 2.45) is 0 Å². The molecule has 3 N–H and O–H groups in total. The molecule has 4 nitrogen and oxygen atoms in total. The highest BCUT2D eigenvalue weighted by Crippen LogP contribution is 2.30. The fraction of sp³-hybridized carbons (Fsp3) is 0.0667. The van der Waals surface area contributed by atoms with Crippen molar-refractivity contribution in [2.75, 3.05) is 5.73 Å². The van der Waals surface area contributed by atoms with Crippen molar-refractivity contribution < 1.29 is 4.79 Å². The molecule has 0 unspecified atom stereocenters. The summed E-state index contributed by atoms with van der Waals surface area (Å²) in [6, 6.07) is 13.6. The van der Waals surface area contributed by atoms with Gasteiger partial charge in [0.25, 0.3) is 5.91 Å². The van der Waals surface area contributed by atoms with E-state index in [0.29, 0.717) is 22.8 Å². The summed E-state index contributed by atoms with van der Waals surface area (Å²) in [6.45, 7) is 0.508. The number of nitrogens with zero attached hydrogens (tertiary/aromatic N) is 1. The Morgan fingerprint density at radius 2 is 2.00 bits per heavy atom. The first-order chi connectivity index (χ1) is 10.3. The number of benzene rings is 1. The second kappa shape index (κ2) is 6.07. The van der Waals surface area contributed by atoms with Gasteiger partial charge in [-0.25, -0.2) is 0 Å². The Kier molecular flexibility index (Phi) is 3.98. The van der Waals surface area contributed by atoms with Crippen molar-refractivity contribution in [3.63, 3.8) is 0 Å². The second-order valence-electron chi connectivity index (χ2n) is 4.40. The number of hydrogen-bond donors (Lipinski definition) is 2. The van der Waals surface area contributed by atoms with Crippen LogP contribution >= 0.6 is 22.9 Å². The maximum atomic E-state index is 12.2. The van der Waals surface area contributed by atoms with Crippen molar-refractivity contribution in [2.45, 2.75) is 6.54 Å². The van der Waals surface area contributed by atoms with Crippen molar-refractivity contribution >= 4 is 34.5 Å². The van der Waals surface area contributed by atoms with Crippen LogP contribution in [0.1, 0.15) is 14.5 Å². The van der Waals surface area contributed by atoms with E-state index in [-0.39, 0.29) is 5.91 Å². The summed E-state index contributed by atoms with van der Waals surface area (Å²) in [7, 11) is 0. The van der Waals surface area contributed by atoms with Crippen molar-refractivity contribution in [3.05, 3.63) is 57.6 Å². The third-order valence-corrected chi connectivity index (χ3v) is 4.72. The van der Waals surface area contributed by atoms with E-state index in [2.05, 4.69) is 9.69 Å². The zero-order valence-corrected chi connectivity index (χ0v) is 12.7. The fourth-order valence-corrected chi connectivity index (χ4v) is 3.31. The van der Waals surface area contributed by atoms with E-state index in [1.807, 2.05) is 47.8 Å². The Bertz CT molecular complexity index is 736. The van der Waals surface area contributed by atoms with E-state index in [9.17, 15) is 4.79 Å². The standard InChI is InChI=1S/C15H13N3OS2/c16-12-13(10-5-2-1-3-6-10)18-21-14(12)15(19)17-9-11-7-4-8-20-11/h1-8H,9,16H2,(H,17,19). The summed E-state index contributed by atoms with van der Waals surface area (Å²) in [4.78, 5) is 13.8. The quantitative estimate of drug-likeness (QED) is 0.775. The minimum absolute atomic E-state index is 0.180. The van der Waals surface area contributed by atoms with Crippen LogP contribution < -0.4 is 11.1 Å². The molecule has 0 spiro atoms. The highest BCUT2D eigenvalue weighted by atomic mass is 32.1. The molecule has 0 aliphatic heterocycles. The summed E-state index contributed by atoms with van der Waals surface area (Å²) >= 11 is 2.74. The minimum Gasteiger partial charge on any atom is -0.396 e. The lowest BCUT2D eigenvalue weighted by atomic mass is 10.1. The number of anilines is 1. The van der Waals surface area contributed by atoms with Gasteiger partial charge in [0.1, 0.15) is 10.6 Å². The lowest BCUT2D eigenvalue weighted by Gasteiger charge is -2.03. The van der Waals surface area contributed by atoms with E-state index in [0.717, 1.165) is 22.0 Å². The molecule has 0 aliphatic carbocycles. The van der Waals surface area contributed by atoms with Gasteiger partial charge in [0.15, 0.2) is 0 Å². The first kappa shape index (κ1) is 13.8. The molecular formula is C15H13N3OS2. The Morgan fingerprint density at radius 3 is 2.71 bits per heavy atom. The summed E-state index contributed by atoms with van der Waals surface area (Å²) in [5, 5.41) is 4.85. The first-order valence-corrected chi connectivity index (χ1v) is 8.02. The molecule has 0 radical (unpaired) electrons. The molecule has 106 valence electrons. The Hall–Kier alpha value is -2.18. The zero-order valence-electron chi connectivity index (χ0n) is 11.1. The number of carbonyl (C=O) groups excluding carboxylic acids is 1. The zero-order chi connectivity index (χ0) is 14.7. The predicted molar refractivity (Wildman–Crippen MR) is 87.5 cm³/mol. The number of nitrogens with two attached hydrogens (primary N) is 1. The summed E-state index contributed by atoms with van der Waals surface area (Å²) in [5.74, 6) is -0.180. The lowest BCUT2D eigenvalue weighted by Crippen LogP contribution is -2.22. The van der Waals surface area contributed by atoms with Crippen LogP contribution in [0.25, 0.3) is 11.3 Å². The van der Waals surface area contributed by atoms with Gasteiger partial charge in [0.05, 0.1) is 12.2 Å². The van der Waals surface area contributed by atoms with E-state index >= 15 is 0 Å². The smallest absolute Gasteiger partial charge is 0.265 e. The van der Waals surface area contributed by atoms with E-state index in [1.54, 1.807) is 11.3 Å². The number of rotatable bonds is 4. The highest BCUT2D eigenvalue weighted by Gasteiger charge is 2.18. The van der Waals surface area contributed by atoms with E-state index in [4.69, 9.17) is 5.73 Å². The predicted octanol–water partition coefficient (Wildman–Crippen LogP) is 3.38. The number of thiophene rings is 1. The number of nitrogens with one attached hydrogen (secondary N) is 1. The molecule has 1 aromatic carbocycles. The topological polar surface area (TPSA) is 68.0 Å².